The van der Waals surface area contributed by atoms with Crippen molar-refractivity contribution in [1.82, 2.24) is 5.32 Å². The molecule has 0 fully saturated rings. The zero-order chi connectivity index (χ0) is 10.3. The van der Waals surface area contributed by atoms with Crippen molar-refractivity contribution >= 4 is 0 Å². The van der Waals surface area contributed by atoms with Crippen molar-refractivity contribution < 1.29 is 13.2 Å². The molecule has 0 saturated heterocycles. The highest BCUT2D eigenvalue weighted by molar-refractivity contribution is 4.64. The van der Waals surface area contributed by atoms with Crippen LogP contribution < -0.4 is 5.32 Å². The first-order chi connectivity index (χ1) is 5.99. The first-order valence-corrected chi connectivity index (χ1v) is 4.73. The van der Waals surface area contributed by atoms with Crippen LogP contribution >= 0.6 is 0 Å². The van der Waals surface area contributed by atoms with E-state index in [-0.39, 0.29) is 12.5 Å². The van der Waals surface area contributed by atoms with Gasteiger partial charge >= 0.3 is 6.18 Å². The quantitative estimate of drug-likeness (QED) is 0.690. The molecule has 0 radical (unpaired) electrons. The number of hydrogen-bond acceptors (Lipinski definition) is 1. The van der Waals surface area contributed by atoms with E-state index in [1.165, 1.54) is 0 Å². The maximum Gasteiger partial charge on any atom is 0.389 e. The van der Waals surface area contributed by atoms with E-state index < -0.39 is 12.6 Å². The zero-order valence-electron chi connectivity index (χ0n) is 8.25. The molecular formula is C9H18F3N. The van der Waals surface area contributed by atoms with Gasteiger partial charge in [-0.05, 0) is 26.3 Å². The molecule has 4 heteroatoms. The van der Waals surface area contributed by atoms with Gasteiger partial charge in [-0.15, -0.1) is 0 Å². The molecule has 0 saturated carbocycles. The van der Waals surface area contributed by atoms with Crippen LogP contribution in [0.5, 0.6) is 0 Å². The van der Waals surface area contributed by atoms with Gasteiger partial charge in [0.2, 0.25) is 0 Å². The van der Waals surface area contributed by atoms with Gasteiger partial charge in [-0.1, -0.05) is 13.3 Å². The van der Waals surface area contributed by atoms with E-state index in [4.69, 9.17) is 0 Å². The Morgan fingerprint density at radius 2 is 1.85 bits per heavy atom. The third-order valence-electron chi connectivity index (χ3n) is 2.06. The van der Waals surface area contributed by atoms with Crippen LogP contribution in [0.15, 0.2) is 0 Å². The van der Waals surface area contributed by atoms with E-state index in [1.807, 2.05) is 6.92 Å². The van der Waals surface area contributed by atoms with Gasteiger partial charge in [0.05, 0.1) is 0 Å². The van der Waals surface area contributed by atoms with Crippen LogP contribution in [-0.2, 0) is 0 Å². The van der Waals surface area contributed by atoms with Gasteiger partial charge in [0.15, 0.2) is 0 Å². The van der Waals surface area contributed by atoms with Crippen molar-refractivity contribution in [3.05, 3.63) is 0 Å². The molecular weight excluding hydrogens is 179 g/mol. The molecule has 13 heavy (non-hydrogen) atoms. The molecule has 80 valence electrons. The number of rotatable bonds is 6. The smallest absolute Gasteiger partial charge is 0.317 e. The third-order valence-corrected chi connectivity index (χ3v) is 2.06. The lowest BCUT2D eigenvalue weighted by molar-refractivity contribution is -0.135. The second-order valence-electron chi connectivity index (χ2n) is 3.28. The van der Waals surface area contributed by atoms with E-state index in [2.05, 4.69) is 5.32 Å². The lowest BCUT2D eigenvalue weighted by Crippen LogP contribution is -2.25. The van der Waals surface area contributed by atoms with E-state index in [0.717, 1.165) is 12.8 Å². The molecule has 0 aromatic carbocycles. The number of nitrogens with one attached hydrogen (secondary N) is 1. The summed E-state index contributed by atoms with van der Waals surface area (Å²) in [6, 6.07) is 0.243. The maximum atomic E-state index is 11.8. The average molecular weight is 197 g/mol. The zero-order valence-corrected chi connectivity index (χ0v) is 8.25. The molecule has 1 unspecified atom stereocenters. The van der Waals surface area contributed by atoms with Gasteiger partial charge in [0.25, 0.3) is 0 Å². The Morgan fingerprint density at radius 3 is 2.23 bits per heavy atom. The van der Waals surface area contributed by atoms with Crippen LogP contribution in [-0.4, -0.2) is 19.3 Å². The Hall–Kier alpha value is -0.250. The highest BCUT2D eigenvalue weighted by Crippen LogP contribution is 2.23. The number of hydrogen-bond donors (Lipinski definition) is 1. The summed E-state index contributed by atoms with van der Waals surface area (Å²) in [7, 11) is 1.80. The van der Waals surface area contributed by atoms with Crippen molar-refractivity contribution in [3.63, 3.8) is 0 Å². The summed E-state index contributed by atoms with van der Waals surface area (Å²) < 4.78 is 35.3. The van der Waals surface area contributed by atoms with Crippen LogP contribution in [0.4, 0.5) is 13.2 Å². The minimum absolute atomic E-state index is 0.231. The molecule has 0 rings (SSSR count). The van der Waals surface area contributed by atoms with Gasteiger partial charge in [-0.3, -0.25) is 0 Å². The van der Waals surface area contributed by atoms with Crippen molar-refractivity contribution in [2.75, 3.05) is 7.05 Å². The number of alkyl halides is 3. The topological polar surface area (TPSA) is 12.0 Å². The minimum Gasteiger partial charge on any atom is -0.317 e. The molecule has 0 aliphatic rings. The molecule has 1 N–H and O–H groups in total. The molecule has 0 bridgehead atoms. The molecule has 1 atom stereocenters. The predicted octanol–water partition coefficient (Wildman–Crippen LogP) is 3.11. The van der Waals surface area contributed by atoms with Gasteiger partial charge in [0.1, 0.15) is 0 Å². The molecule has 0 aliphatic carbocycles. The predicted molar refractivity (Wildman–Crippen MR) is 47.7 cm³/mol. The van der Waals surface area contributed by atoms with Gasteiger partial charge in [-0.2, -0.15) is 13.2 Å². The molecule has 0 aromatic rings. The van der Waals surface area contributed by atoms with Crippen LogP contribution in [0.25, 0.3) is 0 Å². The molecule has 1 nitrogen and oxygen atoms in total. The van der Waals surface area contributed by atoms with E-state index in [1.54, 1.807) is 7.05 Å². The lowest BCUT2D eigenvalue weighted by atomic mass is 10.1. The molecule has 0 spiro atoms. The summed E-state index contributed by atoms with van der Waals surface area (Å²) in [5.41, 5.74) is 0. The Morgan fingerprint density at radius 1 is 1.23 bits per heavy atom. The van der Waals surface area contributed by atoms with Gasteiger partial charge < -0.3 is 5.32 Å². The van der Waals surface area contributed by atoms with Crippen LogP contribution in [0.3, 0.4) is 0 Å². The van der Waals surface area contributed by atoms with Gasteiger partial charge in [-0.25, -0.2) is 0 Å². The molecule has 0 heterocycles. The fraction of sp³-hybridized carbons (Fsp3) is 1.00. The maximum absolute atomic E-state index is 11.8. The number of halogens is 3. The third kappa shape index (κ3) is 8.09. The monoisotopic (exact) mass is 197 g/mol. The molecule has 0 aliphatic heterocycles. The Bertz CT molecular complexity index is 123. The summed E-state index contributed by atoms with van der Waals surface area (Å²) in [6.07, 6.45) is -1.84. The fourth-order valence-corrected chi connectivity index (χ4v) is 1.33. The standard InChI is InChI=1S/C9H18F3N/c1-3-5-8(13-2)6-4-7-9(10,11)12/h8,13H,3-7H2,1-2H3. The van der Waals surface area contributed by atoms with Crippen molar-refractivity contribution in [3.8, 4) is 0 Å². The van der Waals surface area contributed by atoms with E-state index >= 15 is 0 Å². The van der Waals surface area contributed by atoms with Crippen LogP contribution in [0.1, 0.15) is 39.0 Å². The second kappa shape index (κ2) is 6.24. The van der Waals surface area contributed by atoms with Crippen molar-refractivity contribution in [2.24, 2.45) is 0 Å². The minimum atomic E-state index is -4.00. The average Bonchev–Trinajstić information content (AvgIpc) is 2.01. The second-order valence-corrected chi connectivity index (χ2v) is 3.28. The first kappa shape index (κ1) is 12.8. The summed E-state index contributed by atoms with van der Waals surface area (Å²) in [5, 5.41) is 3.02. The Balaban J connectivity index is 3.49. The van der Waals surface area contributed by atoms with E-state index in [0.29, 0.717) is 6.42 Å². The lowest BCUT2D eigenvalue weighted by Gasteiger charge is -2.15. The summed E-state index contributed by atoms with van der Waals surface area (Å²) >= 11 is 0. The summed E-state index contributed by atoms with van der Waals surface area (Å²) in [4.78, 5) is 0. The fourth-order valence-electron chi connectivity index (χ4n) is 1.33. The normalized spacial score (nSPS) is 14.5. The Labute approximate surface area is 77.7 Å². The van der Waals surface area contributed by atoms with Crippen LogP contribution in [0.2, 0.25) is 0 Å². The van der Waals surface area contributed by atoms with Crippen molar-refractivity contribution in [1.29, 1.82) is 0 Å². The van der Waals surface area contributed by atoms with Crippen LogP contribution in [0, 0.1) is 0 Å². The SMILES string of the molecule is CCCC(CCCC(F)(F)F)NC. The summed E-state index contributed by atoms with van der Waals surface area (Å²) in [6.45, 7) is 2.04. The highest BCUT2D eigenvalue weighted by Gasteiger charge is 2.26. The summed E-state index contributed by atoms with van der Waals surface area (Å²) in [5.74, 6) is 0. The first-order valence-electron chi connectivity index (χ1n) is 4.73. The van der Waals surface area contributed by atoms with Gasteiger partial charge in [0, 0.05) is 12.5 Å². The molecule has 0 amide bonds. The Kier molecular flexibility index (Phi) is 6.12. The van der Waals surface area contributed by atoms with Crippen molar-refractivity contribution in [2.45, 2.75) is 51.2 Å². The largest absolute Gasteiger partial charge is 0.389 e. The highest BCUT2D eigenvalue weighted by atomic mass is 19.4. The van der Waals surface area contributed by atoms with E-state index in [9.17, 15) is 13.2 Å². The molecule has 0 aromatic heterocycles.